The Labute approximate surface area is 249 Å². The van der Waals surface area contributed by atoms with Crippen molar-refractivity contribution in [2.24, 2.45) is 0 Å². The van der Waals surface area contributed by atoms with Crippen LogP contribution in [0.5, 0.6) is 11.5 Å². The lowest BCUT2D eigenvalue weighted by molar-refractivity contribution is -0.138. The van der Waals surface area contributed by atoms with Gasteiger partial charge in [0.15, 0.2) is 12.0 Å². The Bertz CT molecular complexity index is 1500. The molecule has 43 heavy (non-hydrogen) atoms. The number of carbonyl (C=O) groups is 1. The molecule has 0 radical (unpaired) electrons. The van der Waals surface area contributed by atoms with Crippen molar-refractivity contribution in [3.8, 4) is 29.0 Å². The van der Waals surface area contributed by atoms with Crippen LogP contribution in [0.2, 0.25) is 0 Å². The molecule has 12 nitrogen and oxygen atoms in total. The zero-order chi connectivity index (χ0) is 30.5. The number of methoxy groups -OCH3 is 1. The van der Waals surface area contributed by atoms with Gasteiger partial charge in [-0.1, -0.05) is 0 Å². The van der Waals surface area contributed by atoms with Crippen LogP contribution in [0.25, 0.3) is 11.4 Å². The van der Waals surface area contributed by atoms with Gasteiger partial charge in [-0.15, -0.1) is 0 Å². The van der Waals surface area contributed by atoms with Crippen molar-refractivity contribution < 1.29 is 23.8 Å². The molecule has 0 spiro atoms. The summed E-state index contributed by atoms with van der Waals surface area (Å²) in [5, 5.41) is 22.0. The number of piperazine rings is 1. The van der Waals surface area contributed by atoms with Crippen molar-refractivity contribution in [1.29, 1.82) is 5.26 Å². The number of aliphatic hydroxyl groups excluding tert-OH is 1. The van der Waals surface area contributed by atoms with Gasteiger partial charge in [0.2, 0.25) is 11.9 Å². The molecule has 2 N–H and O–H groups in total. The maximum Gasteiger partial charge on any atom is 0.248 e. The van der Waals surface area contributed by atoms with E-state index in [0.29, 0.717) is 23.4 Å². The van der Waals surface area contributed by atoms with Gasteiger partial charge in [0.05, 0.1) is 24.9 Å². The Kier molecular flexibility index (Phi) is 9.18. The molecule has 3 heterocycles. The molecule has 3 atom stereocenters. The number of ether oxygens (including phenoxy) is 2. The Hall–Kier alpha value is -4.54. The molecule has 2 aliphatic rings. The lowest BCUT2D eigenvalue weighted by atomic mass is 10.0. The van der Waals surface area contributed by atoms with Crippen LogP contribution in [-0.2, 0) is 4.79 Å². The molecule has 2 aliphatic heterocycles. The van der Waals surface area contributed by atoms with E-state index in [1.807, 2.05) is 18.2 Å². The van der Waals surface area contributed by atoms with Gasteiger partial charge >= 0.3 is 0 Å². The molecule has 5 rings (SSSR count). The second-order valence-electron chi connectivity index (χ2n) is 10.7. The van der Waals surface area contributed by atoms with Gasteiger partial charge in [0.1, 0.15) is 36.6 Å². The topological polar surface area (TPSA) is 140 Å². The second kappa shape index (κ2) is 13.2. The minimum absolute atomic E-state index is 0.172. The minimum Gasteiger partial charge on any atom is -0.495 e. The number of benzene rings is 2. The molecule has 0 bridgehead atoms. The fraction of sp³-hybridized carbons (Fsp3) is 0.433. The number of anilines is 3. The van der Waals surface area contributed by atoms with Gasteiger partial charge in [-0.2, -0.15) is 10.2 Å². The normalized spacial score (nSPS) is 20.8. The number of hydrogen-bond acceptors (Lipinski definition) is 11. The largest absolute Gasteiger partial charge is 0.495 e. The smallest absolute Gasteiger partial charge is 0.248 e. The van der Waals surface area contributed by atoms with Crippen LogP contribution >= 0.6 is 0 Å². The highest BCUT2D eigenvalue weighted by Crippen LogP contribution is 2.34. The van der Waals surface area contributed by atoms with Crippen LogP contribution < -0.4 is 19.7 Å². The number of likely N-dealkylation sites (N-methyl/N-ethyl adjacent to an activating group) is 1. The fourth-order valence-corrected chi connectivity index (χ4v) is 5.48. The van der Waals surface area contributed by atoms with E-state index in [-0.39, 0.29) is 30.8 Å². The van der Waals surface area contributed by atoms with E-state index in [9.17, 15) is 14.4 Å². The van der Waals surface area contributed by atoms with Crippen LogP contribution in [-0.4, -0.2) is 108 Å². The lowest BCUT2D eigenvalue weighted by Crippen LogP contribution is -2.50. The monoisotopic (exact) mass is 590 g/mol. The van der Waals surface area contributed by atoms with Gasteiger partial charge < -0.3 is 34.6 Å². The maximum atomic E-state index is 14.8. The summed E-state index contributed by atoms with van der Waals surface area (Å²) in [4.78, 5) is 30.7. The number of amides is 1. The van der Waals surface area contributed by atoms with Crippen LogP contribution in [0.15, 0.2) is 42.7 Å². The SMILES string of the molecule is COc1cc(Nc2ncnc(-c3ccc(O[C@H]4CCN(C(=O)CO)CC4F)c(C#N)c3)n2)ccc1N1CCN(C)CC1C. The number of hydrogen-bond donors (Lipinski definition) is 2. The Morgan fingerprint density at radius 2 is 2.00 bits per heavy atom. The van der Waals surface area contributed by atoms with E-state index in [0.717, 1.165) is 36.8 Å². The summed E-state index contributed by atoms with van der Waals surface area (Å²) in [6, 6.07) is 13.2. The fourth-order valence-electron chi connectivity index (χ4n) is 5.48. The number of alkyl halides is 1. The number of piperidine rings is 1. The molecule has 13 heteroatoms. The Balaban J connectivity index is 1.29. The molecule has 2 saturated heterocycles. The number of aliphatic hydroxyl groups is 1. The maximum absolute atomic E-state index is 14.8. The van der Waals surface area contributed by atoms with Crippen LogP contribution in [0, 0.1) is 11.3 Å². The summed E-state index contributed by atoms with van der Waals surface area (Å²) in [5.41, 5.74) is 2.53. The van der Waals surface area contributed by atoms with Gasteiger partial charge in [-0.05, 0) is 44.3 Å². The van der Waals surface area contributed by atoms with Crippen molar-refractivity contribution in [3.63, 3.8) is 0 Å². The van der Waals surface area contributed by atoms with Crippen LogP contribution in [0.1, 0.15) is 18.9 Å². The molecule has 3 aromatic rings. The van der Waals surface area contributed by atoms with Gasteiger partial charge in [0.25, 0.3) is 0 Å². The van der Waals surface area contributed by atoms with E-state index in [1.165, 1.54) is 11.2 Å². The lowest BCUT2D eigenvalue weighted by Gasteiger charge is -2.40. The summed E-state index contributed by atoms with van der Waals surface area (Å²) in [5.74, 6) is 1.11. The summed E-state index contributed by atoms with van der Waals surface area (Å²) < 4.78 is 26.3. The number of nitriles is 1. The minimum atomic E-state index is -1.45. The van der Waals surface area contributed by atoms with Crippen molar-refractivity contribution in [1.82, 2.24) is 24.8 Å². The highest BCUT2D eigenvalue weighted by molar-refractivity contribution is 5.77. The molecule has 0 saturated carbocycles. The van der Waals surface area contributed by atoms with Crippen molar-refractivity contribution in [2.45, 2.75) is 31.7 Å². The van der Waals surface area contributed by atoms with Gasteiger partial charge in [-0.3, -0.25) is 4.79 Å². The predicted octanol–water partition coefficient (Wildman–Crippen LogP) is 2.61. The first kappa shape index (κ1) is 29.9. The van der Waals surface area contributed by atoms with Crippen molar-refractivity contribution in [2.75, 3.05) is 63.7 Å². The van der Waals surface area contributed by atoms with E-state index in [4.69, 9.17) is 14.6 Å². The zero-order valence-electron chi connectivity index (χ0n) is 24.4. The number of likely N-dealkylation sites (tertiary alicyclic amines) is 1. The number of nitrogens with zero attached hydrogens (tertiary/aromatic N) is 7. The molecule has 2 fully saturated rings. The highest BCUT2D eigenvalue weighted by Gasteiger charge is 2.33. The molecule has 2 aromatic carbocycles. The molecule has 1 aromatic heterocycles. The number of halogens is 1. The Morgan fingerprint density at radius 3 is 2.72 bits per heavy atom. The summed E-state index contributed by atoms with van der Waals surface area (Å²) in [6.07, 6.45) is -0.655. The van der Waals surface area contributed by atoms with Crippen molar-refractivity contribution in [3.05, 3.63) is 48.3 Å². The average molecular weight is 591 g/mol. The molecular formula is C30H35FN8O4. The first-order chi connectivity index (χ1) is 20.8. The van der Waals surface area contributed by atoms with E-state index in [2.05, 4.69) is 50.1 Å². The van der Waals surface area contributed by atoms with E-state index < -0.39 is 24.8 Å². The quantitative estimate of drug-likeness (QED) is 0.400. The molecule has 2 unspecified atom stereocenters. The summed E-state index contributed by atoms with van der Waals surface area (Å²) in [7, 11) is 3.78. The van der Waals surface area contributed by atoms with Gasteiger partial charge in [-0.25, -0.2) is 14.4 Å². The molecule has 1 amide bonds. The number of rotatable bonds is 8. The van der Waals surface area contributed by atoms with Gasteiger partial charge in [0, 0.05) is 56.0 Å². The van der Waals surface area contributed by atoms with E-state index in [1.54, 1.807) is 25.3 Å². The summed E-state index contributed by atoms with van der Waals surface area (Å²) >= 11 is 0. The molecular weight excluding hydrogens is 555 g/mol. The Morgan fingerprint density at radius 1 is 1.16 bits per heavy atom. The number of carbonyl (C=O) groups excluding carboxylic acids is 1. The third-order valence-electron chi connectivity index (χ3n) is 7.75. The standard InChI is InChI=1S/C30H35FN8O4/c1-19-15-37(2)10-11-39(19)24-6-5-22(13-27(24)42-3)35-30-34-18-33-29(36-30)20-4-7-25(21(12-20)14-32)43-26-8-9-38(16-23(26)31)28(41)17-40/h4-7,12-13,18-19,23,26,40H,8-11,15-17H2,1-3H3,(H,33,34,35,36)/t19?,23?,26-/m0/s1. The average Bonchev–Trinajstić information content (AvgIpc) is 3.02. The zero-order valence-corrected chi connectivity index (χ0v) is 24.4. The molecule has 226 valence electrons. The summed E-state index contributed by atoms with van der Waals surface area (Å²) in [6.45, 7) is 4.48. The van der Waals surface area contributed by atoms with Crippen LogP contribution in [0.3, 0.4) is 0 Å². The number of nitrogens with one attached hydrogen (secondary N) is 1. The predicted molar refractivity (Wildman–Crippen MR) is 158 cm³/mol. The van der Waals surface area contributed by atoms with Crippen molar-refractivity contribution >= 4 is 23.2 Å². The molecule has 0 aliphatic carbocycles. The third kappa shape index (κ3) is 6.76. The van der Waals surface area contributed by atoms with E-state index >= 15 is 0 Å². The van der Waals surface area contributed by atoms with Crippen LogP contribution in [0.4, 0.5) is 21.7 Å². The third-order valence-corrected chi connectivity index (χ3v) is 7.75. The number of aromatic nitrogens is 3. The first-order valence-corrected chi connectivity index (χ1v) is 14.1. The first-order valence-electron chi connectivity index (χ1n) is 14.1. The second-order valence-corrected chi connectivity index (χ2v) is 10.7. The highest BCUT2D eigenvalue weighted by atomic mass is 19.1.